The number of hydrogen-bond acceptors (Lipinski definition) is 4. The first-order valence-corrected chi connectivity index (χ1v) is 6.70. The van der Waals surface area contributed by atoms with Crippen molar-refractivity contribution < 1.29 is 13.9 Å². The maximum Gasteiger partial charge on any atom is 0.297 e. The highest BCUT2D eigenvalue weighted by molar-refractivity contribution is 6.30. The van der Waals surface area contributed by atoms with Gasteiger partial charge < -0.3 is 9.47 Å². The molecule has 0 amide bonds. The quantitative estimate of drug-likeness (QED) is 0.814. The summed E-state index contributed by atoms with van der Waals surface area (Å²) >= 11 is 5.79. The number of aromatic nitrogens is 2. The lowest BCUT2D eigenvalue weighted by molar-refractivity contribution is 0.206. The molecule has 1 atom stereocenters. The fourth-order valence-corrected chi connectivity index (χ4v) is 2.56. The van der Waals surface area contributed by atoms with Crippen molar-refractivity contribution in [1.82, 2.24) is 9.55 Å². The van der Waals surface area contributed by atoms with E-state index in [1.165, 1.54) is 30.1 Å². The minimum Gasteiger partial charge on any atom is -0.489 e. The SMILES string of the molecule is COc1c(Cl)ncn(CC2Cc3cc(F)ccc3O2)c1=O. The maximum absolute atomic E-state index is 13.2. The minimum atomic E-state index is -0.372. The Bertz CT molecular complexity index is 747. The van der Waals surface area contributed by atoms with Gasteiger partial charge in [0.1, 0.15) is 17.7 Å². The van der Waals surface area contributed by atoms with E-state index in [0.717, 1.165) is 5.56 Å². The van der Waals surface area contributed by atoms with Gasteiger partial charge in [-0.3, -0.25) is 9.36 Å². The third-order valence-corrected chi connectivity index (χ3v) is 3.59. The summed E-state index contributed by atoms with van der Waals surface area (Å²) in [6, 6.07) is 4.38. The summed E-state index contributed by atoms with van der Waals surface area (Å²) < 4.78 is 25.2. The zero-order chi connectivity index (χ0) is 15.0. The van der Waals surface area contributed by atoms with Gasteiger partial charge in [0.15, 0.2) is 5.15 Å². The number of hydrogen-bond donors (Lipinski definition) is 0. The standard InChI is InChI=1S/C14H12ClFN2O3/c1-20-12-13(15)17-7-18(14(12)19)6-10-5-8-4-9(16)2-3-11(8)21-10/h2-4,7,10H,5-6H2,1H3. The van der Waals surface area contributed by atoms with E-state index in [-0.39, 0.29) is 34.9 Å². The number of methoxy groups -OCH3 is 1. The zero-order valence-corrected chi connectivity index (χ0v) is 11.9. The second kappa shape index (κ2) is 5.37. The van der Waals surface area contributed by atoms with Crippen molar-refractivity contribution in [3.63, 3.8) is 0 Å². The molecule has 110 valence electrons. The van der Waals surface area contributed by atoms with E-state index in [0.29, 0.717) is 12.2 Å². The van der Waals surface area contributed by atoms with Crippen LogP contribution < -0.4 is 15.0 Å². The first-order valence-electron chi connectivity index (χ1n) is 6.32. The van der Waals surface area contributed by atoms with E-state index >= 15 is 0 Å². The maximum atomic E-state index is 13.2. The predicted molar refractivity (Wildman–Crippen MR) is 74.6 cm³/mol. The fraction of sp³-hybridized carbons (Fsp3) is 0.286. The lowest BCUT2D eigenvalue weighted by atomic mass is 10.1. The molecule has 3 rings (SSSR count). The van der Waals surface area contributed by atoms with Crippen LogP contribution in [0.4, 0.5) is 4.39 Å². The topological polar surface area (TPSA) is 53.4 Å². The second-order valence-electron chi connectivity index (χ2n) is 4.72. The molecule has 0 fully saturated rings. The van der Waals surface area contributed by atoms with Crippen LogP contribution in [-0.4, -0.2) is 22.8 Å². The molecule has 5 nitrogen and oxygen atoms in total. The third-order valence-electron chi connectivity index (χ3n) is 3.32. The summed E-state index contributed by atoms with van der Waals surface area (Å²) in [5.41, 5.74) is 0.421. The molecule has 0 aliphatic carbocycles. The Balaban J connectivity index is 1.82. The average molecular weight is 311 g/mol. The molecule has 7 heteroatoms. The largest absolute Gasteiger partial charge is 0.489 e. The molecule has 0 spiro atoms. The van der Waals surface area contributed by atoms with E-state index in [4.69, 9.17) is 21.1 Å². The summed E-state index contributed by atoms with van der Waals surface area (Å²) in [6.07, 6.45) is 1.62. The van der Waals surface area contributed by atoms with Gasteiger partial charge in [-0.05, 0) is 18.2 Å². The van der Waals surface area contributed by atoms with Crippen LogP contribution in [0, 0.1) is 5.82 Å². The van der Waals surface area contributed by atoms with Crippen molar-refractivity contribution in [2.45, 2.75) is 19.1 Å². The molecule has 1 aliphatic rings. The van der Waals surface area contributed by atoms with Gasteiger partial charge in [0, 0.05) is 12.0 Å². The number of ether oxygens (including phenoxy) is 2. The smallest absolute Gasteiger partial charge is 0.297 e. The molecular weight excluding hydrogens is 299 g/mol. The molecule has 0 N–H and O–H groups in total. The Morgan fingerprint density at radius 1 is 1.57 bits per heavy atom. The van der Waals surface area contributed by atoms with E-state index in [9.17, 15) is 9.18 Å². The molecule has 0 saturated carbocycles. The van der Waals surface area contributed by atoms with Crippen LogP contribution in [0.2, 0.25) is 5.15 Å². The van der Waals surface area contributed by atoms with Crippen molar-refractivity contribution in [3.8, 4) is 11.5 Å². The van der Waals surface area contributed by atoms with E-state index in [1.54, 1.807) is 6.07 Å². The van der Waals surface area contributed by atoms with Crippen LogP contribution in [0.25, 0.3) is 0 Å². The summed E-state index contributed by atoms with van der Waals surface area (Å²) in [6.45, 7) is 0.287. The van der Waals surface area contributed by atoms with E-state index < -0.39 is 0 Å². The molecule has 2 aromatic rings. The molecule has 0 saturated heterocycles. The van der Waals surface area contributed by atoms with Crippen LogP contribution in [0.5, 0.6) is 11.5 Å². The Labute approximate surface area is 124 Å². The summed E-state index contributed by atoms with van der Waals surface area (Å²) in [5, 5.41) is 0.0245. The highest BCUT2D eigenvalue weighted by atomic mass is 35.5. The molecule has 0 bridgehead atoms. The number of rotatable bonds is 3. The van der Waals surface area contributed by atoms with Crippen molar-refractivity contribution in [3.05, 3.63) is 51.4 Å². The molecule has 1 aliphatic heterocycles. The number of fused-ring (bicyclic) bond motifs is 1. The van der Waals surface area contributed by atoms with Crippen molar-refractivity contribution in [1.29, 1.82) is 0 Å². The number of benzene rings is 1. The zero-order valence-electron chi connectivity index (χ0n) is 11.2. The summed E-state index contributed by atoms with van der Waals surface area (Å²) in [5.74, 6) is 0.342. The highest BCUT2D eigenvalue weighted by Gasteiger charge is 2.24. The molecule has 2 heterocycles. The predicted octanol–water partition coefficient (Wildman–Crippen LogP) is 2.05. The fourth-order valence-electron chi connectivity index (χ4n) is 2.36. The molecule has 0 radical (unpaired) electrons. The van der Waals surface area contributed by atoms with Gasteiger partial charge in [-0.15, -0.1) is 0 Å². The van der Waals surface area contributed by atoms with E-state index in [1.807, 2.05) is 0 Å². The number of halogens is 2. The van der Waals surface area contributed by atoms with Crippen LogP contribution in [0.1, 0.15) is 5.56 Å². The molecule has 1 aromatic heterocycles. The first-order chi connectivity index (χ1) is 10.1. The normalized spacial score (nSPS) is 16.4. The van der Waals surface area contributed by atoms with Gasteiger partial charge in [0.05, 0.1) is 20.0 Å². The third kappa shape index (κ3) is 2.58. The molecule has 1 aromatic carbocycles. The van der Waals surface area contributed by atoms with Crippen molar-refractivity contribution >= 4 is 11.6 Å². The molecule has 21 heavy (non-hydrogen) atoms. The van der Waals surface area contributed by atoms with Crippen LogP contribution in [0.15, 0.2) is 29.3 Å². The Morgan fingerprint density at radius 3 is 3.14 bits per heavy atom. The second-order valence-corrected chi connectivity index (χ2v) is 5.08. The van der Waals surface area contributed by atoms with Crippen LogP contribution in [0.3, 0.4) is 0 Å². The van der Waals surface area contributed by atoms with Gasteiger partial charge in [0.2, 0.25) is 5.75 Å². The lowest BCUT2D eigenvalue weighted by Gasteiger charge is -2.13. The Hall–Kier alpha value is -2.08. The molecule has 1 unspecified atom stereocenters. The van der Waals surface area contributed by atoms with Gasteiger partial charge in [0.25, 0.3) is 5.56 Å². The Morgan fingerprint density at radius 2 is 2.38 bits per heavy atom. The van der Waals surface area contributed by atoms with Gasteiger partial charge in [-0.25, -0.2) is 9.37 Å². The van der Waals surface area contributed by atoms with Crippen LogP contribution >= 0.6 is 11.6 Å². The van der Waals surface area contributed by atoms with Gasteiger partial charge in [-0.1, -0.05) is 11.6 Å². The van der Waals surface area contributed by atoms with Crippen molar-refractivity contribution in [2.24, 2.45) is 0 Å². The number of nitrogens with zero attached hydrogens (tertiary/aromatic N) is 2. The lowest BCUT2D eigenvalue weighted by Crippen LogP contribution is -2.30. The average Bonchev–Trinajstić information content (AvgIpc) is 2.84. The summed E-state index contributed by atoms with van der Waals surface area (Å²) in [4.78, 5) is 16.0. The monoisotopic (exact) mass is 310 g/mol. The highest BCUT2D eigenvalue weighted by Crippen LogP contribution is 2.29. The van der Waals surface area contributed by atoms with Crippen molar-refractivity contribution in [2.75, 3.05) is 7.11 Å². The van der Waals surface area contributed by atoms with Crippen LogP contribution in [-0.2, 0) is 13.0 Å². The Kier molecular flexibility index (Phi) is 3.55. The van der Waals surface area contributed by atoms with Gasteiger partial charge in [-0.2, -0.15) is 0 Å². The van der Waals surface area contributed by atoms with Gasteiger partial charge >= 0.3 is 0 Å². The first kappa shape index (κ1) is 13.9. The molecular formula is C14H12ClFN2O3. The minimum absolute atomic E-state index is 0.000669. The van der Waals surface area contributed by atoms with E-state index in [2.05, 4.69) is 4.98 Å². The summed E-state index contributed by atoms with van der Waals surface area (Å²) in [7, 11) is 1.36.